The predicted octanol–water partition coefficient (Wildman–Crippen LogP) is 3.43. The molecule has 0 radical (unpaired) electrons. The van der Waals surface area contributed by atoms with Crippen molar-refractivity contribution in [3.63, 3.8) is 0 Å². The van der Waals surface area contributed by atoms with Gasteiger partial charge in [0, 0.05) is 0 Å². The molecule has 6 nitrogen and oxygen atoms in total. The van der Waals surface area contributed by atoms with Crippen molar-refractivity contribution in [3.8, 4) is 5.75 Å². The number of hydrogen-bond donors (Lipinski definition) is 1. The maximum atomic E-state index is 13.4. The number of nitrogens with one attached hydrogen (secondary N) is 1. The Bertz CT molecular complexity index is 988. The summed E-state index contributed by atoms with van der Waals surface area (Å²) in [6.45, 7) is 0. The van der Waals surface area contributed by atoms with Crippen LogP contribution in [-0.2, 0) is 10.0 Å². The lowest BCUT2D eigenvalue weighted by Gasteiger charge is -2.10. The molecule has 1 heterocycles. The first-order valence-corrected chi connectivity index (χ1v) is 8.19. The average molecular weight is 357 g/mol. The number of sulfonamides is 1. The van der Waals surface area contributed by atoms with Gasteiger partial charge in [0.2, 0.25) is 0 Å². The van der Waals surface area contributed by atoms with Crippen LogP contribution < -0.4 is 9.46 Å². The molecule has 0 spiro atoms. The molecule has 9 heteroatoms. The summed E-state index contributed by atoms with van der Waals surface area (Å²) in [5.41, 5.74) is 0.321. The molecule has 3 rings (SSSR count). The third kappa shape index (κ3) is 2.82. The highest BCUT2D eigenvalue weighted by Gasteiger charge is 2.24. The van der Waals surface area contributed by atoms with Crippen LogP contribution >= 0.6 is 11.6 Å². The lowest BCUT2D eigenvalue weighted by molar-refractivity contribution is 0.401. The molecule has 0 aliphatic carbocycles. The van der Waals surface area contributed by atoms with Crippen molar-refractivity contribution in [2.75, 3.05) is 11.8 Å². The second-order valence-corrected chi connectivity index (χ2v) is 6.60. The Morgan fingerprint density at radius 3 is 2.83 bits per heavy atom. The molecule has 1 N–H and O–H groups in total. The summed E-state index contributed by atoms with van der Waals surface area (Å²) in [6, 6.07) is 7.98. The lowest BCUT2D eigenvalue weighted by atomic mass is 10.2. The van der Waals surface area contributed by atoms with E-state index < -0.39 is 15.8 Å². The van der Waals surface area contributed by atoms with Crippen molar-refractivity contribution < 1.29 is 22.1 Å². The van der Waals surface area contributed by atoms with Gasteiger partial charge in [0.15, 0.2) is 11.4 Å². The van der Waals surface area contributed by atoms with E-state index in [1.165, 1.54) is 13.2 Å². The molecule has 0 bridgehead atoms. The highest BCUT2D eigenvalue weighted by atomic mass is 35.5. The van der Waals surface area contributed by atoms with Crippen molar-refractivity contribution in [2.45, 2.75) is 4.90 Å². The van der Waals surface area contributed by atoms with Crippen LogP contribution in [0.15, 0.2) is 45.8 Å². The van der Waals surface area contributed by atoms with Gasteiger partial charge < -0.3 is 9.26 Å². The first-order chi connectivity index (χ1) is 10.9. The second kappa shape index (κ2) is 5.71. The Labute approximate surface area is 135 Å². The normalized spacial score (nSPS) is 11.6. The van der Waals surface area contributed by atoms with Crippen LogP contribution in [0.4, 0.5) is 10.2 Å². The summed E-state index contributed by atoms with van der Waals surface area (Å²) < 4.78 is 50.6. The molecule has 0 amide bonds. The molecule has 0 saturated carbocycles. The summed E-state index contributed by atoms with van der Waals surface area (Å²) in [6.07, 6.45) is 0. The lowest BCUT2D eigenvalue weighted by Crippen LogP contribution is -2.14. The molecule has 0 aliphatic rings. The zero-order valence-electron chi connectivity index (χ0n) is 11.7. The van der Waals surface area contributed by atoms with Gasteiger partial charge in [0.05, 0.1) is 17.5 Å². The third-order valence-electron chi connectivity index (χ3n) is 3.09. The molecule has 0 atom stereocenters. The molecule has 0 aliphatic heterocycles. The molecule has 2 aromatic carbocycles. The third-order valence-corrected chi connectivity index (χ3v) is 4.77. The smallest absolute Gasteiger partial charge is 0.266 e. The van der Waals surface area contributed by atoms with Crippen LogP contribution in [-0.4, -0.2) is 20.7 Å². The van der Waals surface area contributed by atoms with Gasteiger partial charge >= 0.3 is 0 Å². The standard InChI is InChI=1S/C14H10ClFN2O4S/c1-21-10-6-5-8(16)7-12(10)23(19,20)18-14-13-9(15)3-2-4-11(13)22-17-14/h2-7H,1H3,(H,17,18). The fourth-order valence-electron chi connectivity index (χ4n) is 2.06. The van der Waals surface area contributed by atoms with Crippen LogP contribution in [0.25, 0.3) is 11.0 Å². The topological polar surface area (TPSA) is 81.4 Å². The Kier molecular flexibility index (Phi) is 3.87. The van der Waals surface area contributed by atoms with Crippen molar-refractivity contribution in [1.29, 1.82) is 0 Å². The number of fused-ring (bicyclic) bond motifs is 1. The fraction of sp³-hybridized carbons (Fsp3) is 0.0714. The van der Waals surface area contributed by atoms with E-state index in [1.807, 2.05) is 0 Å². The van der Waals surface area contributed by atoms with Crippen molar-refractivity contribution >= 4 is 38.4 Å². The van der Waals surface area contributed by atoms with Crippen LogP contribution in [0.5, 0.6) is 5.75 Å². The maximum Gasteiger partial charge on any atom is 0.266 e. The van der Waals surface area contributed by atoms with Crippen LogP contribution in [0.3, 0.4) is 0 Å². The van der Waals surface area contributed by atoms with E-state index in [9.17, 15) is 12.8 Å². The first-order valence-electron chi connectivity index (χ1n) is 6.32. The van der Waals surface area contributed by atoms with Gasteiger partial charge in [0.1, 0.15) is 16.5 Å². The Morgan fingerprint density at radius 1 is 1.30 bits per heavy atom. The number of methoxy groups -OCH3 is 1. The minimum Gasteiger partial charge on any atom is -0.495 e. The number of nitrogens with zero attached hydrogens (tertiary/aromatic N) is 1. The maximum absolute atomic E-state index is 13.4. The van der Waals surface area contributed by atoms with Crippen molar-refractivity contribution in [3.05, 3.63) is 47.2 Å². The predicted molar refractivity (Wildman–Crippen MR) is 82.8 cm³/mol. The molecule has 0 fully saturated rings. The van der Waals surface area contributed by atoms with Gasteiger partial charge in [0.25, 0.3) is 10.0 Å². The zero-order valence-corrected chi connectivity index (χ0v) is 13.3. The average Bonchev–Trinajstić information content (AvgIpc) is 2.91. The summed E-state index contributed by atoms with van der Waals surface area (Å²) >= 11 is 6.04. The quantitative estimate of drug-likeness (QED) is 0.774. The number of ether oxygens (including phenoxy) is 1. The Hall–Kier alpha value is -2.32. The van der Waals surface area contributed by atoms with E-state index in [-0.39, 0.29) is 21.5 Å². The minimum absolute atomic E-state index is 0.00204. The van der Waals surface area contributed by atoms with E-state index in [0.29, 0.717) is 11.0 Å². The van der Waals surface area contributed by atoms with Gasteiger partial charge in [-0.1, -0.05) is 22.8 Å². The number of rotatable bonds is 4. The number of anilines is 1. The van der Waals surface area contributed by atoms with Gasteiger partial charge in [-0.05, 0) is 30.3 Å². The summed E-state index contributed by atoms with van der Waals surface area (Å²) in [5, 5.41) is 4.24. The summed E-state index contributed by atoms with van der Waals surface area (Å²) in [4.78, 5) is -0.358. The van der Waals surface area contributed by atoms with Crippen LogP contribution in [0.1, 0.15) is 0 Å². The largest absolute Gasteiger partial charge is 0.495 e. The highest BCUT2D eigenvalue weighted by Crippen LogP contribution is 2.32. The van der Waals surface area contributed by atoms with E-state index in [4.69, 9.17) is 20.9 Å². The molecule has 120 valence electrons. The van der Waals surface area contributed by atoms with Gasteiger partial charge in [-0.2, -0.15) is 0 Å². The SMILES string of the molecule is COc1ccc(F)cc1S(=O)(=O)Nc1noc2cccc(Cl)c12. The highest BCUT2D eigenvalue weighted by molar-refractivity contribution is 7.92. The van der Waals surface area contributed by atoms with E-state index in [0.717, 1.165) is 12.1 Å². The molecule has 23 heavy (non-hydrogen) atoms. The van der Waals surface area contributed by atoms with Gasteiger partial charge in [-0.3, -0.25) is 4.72 Å². The second-order valence-electron chi connectivity index (χ2n) is 4.54. The number of halogens is 2. The molecule has 0 saturated heterocycles. The van der Waals surface area contributed by atoms with Crippen LogP contribution in [0, 0.1) is 5.82 Å². The minimum atomic E-state index is -4.15. The van der Waals surface area contributed by atoms with Gasteiger partial charge in [-0.15, -0.1) is 0 Å². The van der Waals surface area contributed by atoms with Crippen LogP contribution in [0.2, 0.25) is 5.02 Å². The van der Waals surface area contributed by atoms with E-state index >= 15 is 0 Å². The zero-order chi connectivity index (χ0) is 16.6. The molecule has 3 aromatic rings. The summed E-state index contributed by atoms with van der Waals surface area (Å²) in [5.74, 6) is -0.802. The number of aromatic nitrogens is 1. The molecular weight excluding hydrogens is 347 g/mol. The molecular formula is C14H10ClFN2O4S. The van der Waals surface area contributed by atoms with E-state index in [1.54, 1.807) is 18.2 Å². The summed E-state index contributed by atoms with van der Waals surface area (Å²) in [7, 11) is -2.87. The van der Waals surface area contributed by atoms with E-state index in [2.05, 4.69) is 9.88 Å². The fourth-order valence-corrected chi connectivity index (χ4v) is 3.51. The Morgan fingerprint density at radius 2 is 2.09 bits per heavy atom. The molecule has 1 aromatic heterocycles. The monoisotopic (exact) mass is 356 g/mol. The number of hydrogen-bond acceptors (Lipinski definition) is 5. The first kappa shape index (κ1) is 15.6. The number of benzene rings is 2. The molecule has 0 unspecified atom stereocenters. The van der Waals surface area contributed by atoms with Crippen molar-refractivity contribution in [2.24, 2.45) is 0 Å². The van der Waals surface area contributed by atoms with Gasteiger partial charge in [-0.25, -0.2) is 12.8 Å². The van der Waals surface area contributed by atoms with Crippen molar-refractivity contribution in [1.82, 2.24) is 5.16 Å². The Balaban J connectivity index is 2.09.